The third kappa shape index (κ3) is 5.99. The fraction of sp³-hybridized carbons (Fsp3) is 0.364. The molecule has 0 saturated carbocycles. The summed E-state index contributed by atoms with van der Waals surface area (Å²) >= 11 is 6.28. The average molecular weight is 403 g/mol. The van der Waals surface area contributed by atoms with E-state index in [0.29, 0.717) is 23.7 Å². The van der Waals surface area contributed by atoms with Gasteiger partial charge in [0.25, 0.3) is 5.91 Å². The Balaban J connectivity index is 2.21. The van der Waals surface area contributed by atoms with Gasteiger partial charge in [0.2, 0.25) is 5.91 Å². The first-order valence-corrected chi connectivity index (χ1v) is 9.84. The molecule has 5 nitrogen and oxygen atoms in total. The fourth-order valence-corrected chi connectivity index (χ4v) is 3.15. The molecule has 2 aromatic carbocycles. The molecule has 28 heavy (non-hydrogen) atoms. The predicted octanol–water partition coefficient (Wildman–Crippen LogP) is 3.97. The van der Waals surface area contributed by atoms with E-state index < -0.39 is 6.04 Å². The Morgan fingerprint density at radius 2 is 1.89 bits per heavy atom. The van der Waals surface area contributed by atoms with Crippen LogP contribution >= 0.6 is 11.6 Å². The summed E-state index contributed by atoms with van der Waals surface area (Å²) in [6.07, 6.45) is 0.493. The minimum absolute atomic E-state index is 0.149. The Hall–Kier alpha value is -2.53. The van der Waals surface area contributed by atoms with Crippen LogP contribution in [0, 0.1) is 6.92 Å². The Bertz CT molecular complexity index is 810. The highest BCUT2D eigenvalue weighted by atomic mass is 35.5. The molecule has 0 heterocycles. The van der Waals surface area contributed by atoms with Gasteiger partial charge >= 0.3 is 0 Å². The summed E-state index contributed by atoms with van der Waals surface area (Å²) in [6.45, 7) is 6.29. The van der Waals surface area contributed by atoms with Gasteiger partial charge in [-0.25, -0.2) is 0 Å². The number of nitrogens with zero attached hydrogens (tertiary/aromatic N) is 1. The van der Waals surface area contributed by atoms with E-state index in [1.165, 1.54) is 0 Å². The highest BCUT2D eigenvalue weighted by molar-refractivity contribution is 6.31. The van der Waals surface area contributed by atoms with Gasteiger partial charge in [0.15, 0.2) is 6.61 Å². The second-order valence-electron chi connectivity index (χ2n) is 6.54. The van der Waals surface area contributed by atoms with Crippen molar-refractivity contribution in [3.63, 3.8) is 0 Å². The quantitative estimate of drug-likeness (QED) is 0.690. The van der Waals surface area contributed by atoms with Gasteiger partial charge in [-0.2, -0.15) is 0 Å². The van der Waals surface area contributed by atoms with Crippen molar-refractivity contribution >= 4 is 23.4 Å². The first-order valence-electron chi connectivity index (χ1n) is 9.46. The Kier molecular flexibility index (Phi) is 8.33. The van der Waals surface area contributed by atoms with E-state index in [4.69, 9.17) is 16.3 Å². The summed E-state index contributed by atoms with van der Waals surface area (Å²) in [6, 6.07) is 14.2. The number of rotatable bonds is 9. The number of hydrogen-bond acceptors (Lipinski definition) is 3. The first-order chi connectivity index (χ1) is 13.5. The minimum atomic E-state index is -0.593. The lowest BCUT2D eigenvalue weighted by Gasteiger charge is -2.30. The van der Waals surface area contributed by atoms with Crippen LogP contribution in [0.25, 0.3) is 0 Å². The van der Waals surface area contributed by atoms with E-state index in [1.807, 2.05) is 57.2 Å². The molecule has 0 spiro atoms. The van der Waals surface area contributed by atoms with Crippen LogP contribution in [0.3, 0.4) is 0 Å². The summed E-state index contributed by atoms with van der Waals surface area (Å²) in [7, 11) is 0. The van der Waals surface area contributed by atoms with Crippen molar-refractivity contribution in [1.82, 2.24) is 10.2 Å². The second kappa shape index (κ2) is 10.7. The third-order valence-corrected chi connectivity index (χ3v) is 4.76. The van der Waals surface area contributed by atoms with Gasteiger partial charge in [-0.3, -0.25) is 9.59 Å². The Labute approximate surface area is 171 Å². The van der Waals surface area contributed by atoms with E-state index in [0.717, 1.165) is 11.1 Å². The van der Waals surface area contributed by atoms with Crippen LogP contribution in [-0.4, -0.2) is 35.9 Å². The lowest BCUT2D eigenvalue weighted by Crippen LogP contribution is -2.50. The minimum Gasteiger partial charge on any atom is -0.484 e. The zero-order chi connectivity index (χ0) is 20.5. The number of carbonyl (C=O) groups excluding carboxylic acids is 2. The molecule has 0 aliphatic carbocycles. The van der Waals surface area contributed by atoms with Gasteiger partial charge < -0.3 is 15.0 Å². The third-order valence-electron chi connectivity index (χ3n) is 4.39. The van der Waals surface area contributed by atoms with Gasteiger partial charge in [0, 0.05) is 18.1 Å². The molecular formula is C22H27ClN2O3. The molecule has 1 atom stereocenters. The summed E-state index contributed by atoms with van der Waals surface area (Å²) in [5.74, 6) is 0.178. The normalized spacial score (nSPS) is 11.6. The number of likely N-dealkylation sites (N-methyl/N-ethyl adjacent to an activating group) is 1. The average Bonchev–Trinajstić information content (AvgIpc) is 2.67. The Morgan fingerprint density at radius 1 is 1.14 bits per heavy atom. The number of hydrogen-bond donors (Lipinski definition) is 1. The molecule has 0 aromatic heterocycles. The van der Waals surface area contributed by atoms with Crippen LogP contribution in [0.15, 0.2) is 48.5 Å². The van der Waals surface area contributed by atoms with E-state index in [-0.39, 0.29) is 25.0 Å². The van der Waals surface area contributed by atoms with Gasteiger partial charge in [-0.05, 0) is 49.6 Å². The van der Waals surface area contributed by atoms with Crippen LogP contribution in [0.4, 0.5) is 0 Å². The van der Waals surface area contributed by atoms with E-state index >= 15 is 0 Å². The summed E-state index contributed by atoms with van der Waals surface area (Å²) in [5, 5.41) is 3.37. The number of nitrogens with one attached hydrogen (secondary N) is 1. The van der Waals surface area contributed by atoms with Crippen molar-refractivity contribution in [1.29, 1.82) is 0 Å². The van der Waals surface area contributed by atoms with E-state index in [9.17, 15) is 9.59 Å². The lowest BCUT2D eigenvalue weighted by atomic mass is 10.1. The summed E-state index contributed by atoms with van der Waals surface area (Å²) in [5.41, 5.74) is 1.84. The molecule has 150 valence electrons. The van der Waals surface area contributed by atoms with Gasteiger partial charge in [0.1, 0.15) is 11.8 Å². The molecule has 2 amide bonds. The van der Waals surface area contributed by atoms with Crippen LogP contribution in [0.1, 0.15) is 31.4 Å². The number of carbonyl (C=O) groups is 2. The largest absolute Gasteiger partial charge is 0.484 e. The molecule has 6 heteroatoms. The van der Waals surface area contributed by atoms with Gasteiger partial charge in [-0.15, -0.1) is 0 Å². The van der Waals surface area contributed by atoms with E-state index in [2.05, 4.69) is 5.32 Å². The number of benzene rings is 2. The maximum Gasteiger partial charge on any atom is 0.261 e. The maximum absolute atomic E-state index is 13.0. The SMILES string of the molecule is CCNC(=O)[C@H](CC)N(Cc1ccccc1Cl)C(=O)COc1cccc(C)c1. The van der Waals surface area contributed by atoms with Crippen molar-refractivity contribution in [2.75, 3.05) is 13.2 Å². The van der Waals surface area contributed by atoms with Crippen molar-refractivity contribution in [3.8, 4) is 5.75 Å². The molecule has 0 aliphatic heterocycles. The lowest BCUT2D eigenvalue weighted by molar-refractivity contribution is -0.142. The van der Waals surface area contributed by atoms with Crippen molar-refractivity contribution < 1.29 is 14.3 Å². The number of halogens is 1. The number of amides is 2. The van der Waals surface area contributed by atoms with Crippen molar-refractivity contribution in [3.05, 3.63) is 64.7 Å². The molecular weight excluding hydrogens is 376 g/mol. The molecule has 0 fully saturated rings. The molecule has 2 aromatic rings. The van der Waals surface area contributed by atoms with Crippen LogP contribution in [0.2, 0.25) is 5.02 Å². The smallest absolute Gasteiger partial charge is 0.261 e. The zero-order valence-corrected chi connectivity index (χ0v) is 17.3. The van der Waals surface area contributed by atoms with Crippen LogP contribution < -0.4 is 10.1 Å². The molecule has 2 rings (SSSR count). The van der Waals surface area contributed by atoms with Gasteiger partial charge in [-0.1, -0.05) is 48.9 Å². The molecule has 0 unspecified atom stereocenters. The maximum atomic E-state index is 13.0. The van der Waals surface area contributed by atoms with E-state index in [1.54, 1.807) is 17.0 Å². The predicted molar refractivity (Wildman–Crippen MR) is 111 cm³/mol. The topological polar surface area (TPSA) is 58.6 Å². The van der Waals surface area contributed by atoms with Crippen molar-refractivity contribution in [2.24, 2.45) is 0 Å². The molecule has 1 N–H and O–H groups in total. The Morgan fingerprint density at radius 3 is 2.54 bits per heavy atom. The standard InChI is InChI=1S/C22H27ClN2O3/c1-4-20(22(27)24-5-2)25(14-17-10-6-7-12-19(17)23)21(26)15-28-18-11-8-9-16(3)13-18/h6-13,20H,4-5,14-15H2,1-3H3,(H,24,27)/t20-/m0/s1. The zero-order valence-electron chi connectivity index (χ0n) is 16.6. The summed E-state index contributed by atoms with van der Waals surface area (Å²) < 4.78 is 5.68. The fourth-order valence-electron chi connectivity index (χ4n) is 2.95. The van der Waals surface area contributed by atoms with Crippen molar-refractivity contribution in [2.45, 2.75) is 39.8 Å². The molecule has 0 aliphatic rings. The molecule has 0 saturated heterocycles. The van der Waals surface area contributed by atoms with Crippen LogP contribution in [0.5, 0.6) is 5.75 Å². The monoisotopic (exact) mass is 402 g/mol. The van der Waals surface area contributed by atoms with Gasteiger partial charge in [0.05, 0.1) is 0 Å². The summed E-state index contributed by atoms with van der Waals surface area (Å²) in [4.78, 5) is 27.1. The highest BCUT2D eigenvalue weighted by Gasteiger charge is 2.29. The number of aryl methyl sites for hydroxylation is 1. The highest BCUT2D eigenvalue weighted by Crippen LogP contribution is 2.20. The number of ether oxygens (including phenoxy) is 1. The van der Waals surface area contributed by atoms with Crippen LogP contribution in [-0.2, 0) is 16.1 Å². The molecule has 0 bridgehead atoms. The first kappa shape index (κ1) is 21.8. The second-order valence-corrected chi connectivity index (χ2v) is 6.94. The molecule has 0 radical (unpaired) electrons.